The van der Waals surface area contributed by atoms with Gasteiger partial charge in [-0.2, -0.15) is 0 Å². The molecule has 0 saturated carbocycles. The van der Waals surface area contributed by atoms with Gasteiger partial charge in [0.1, 0.15) is 24.7 Å². The number of aromatic nitrogens is 1. The number of aromatic carboxylic acids is 1. The van der Waals surface area contributed by atoms with Crippen LogP contribution in [0.1, 0.15) is 74.3 Å². The van der Waals surface area contributed by atoms with Crippen LogP contribution < -0.4 is 9.47 Å². The van der Waals surface area contributed by atoms with Gasteiger partial charge in [-0.05, 0) is 40.2 Å². The second kappa shape index (κ2) is 10.3. The van der Waals surface area contributed by atoms with Crippen LogP contribution in [0.5, 0.6) is 11.5 Å². The van der Waals surface area contributed by atoms with Gasteiger partial charge in [-0.3, -0.25) is 0 Å². The first kappa shape index (κ1) is 26.2. The third-order valence-corrected chi connectivity index (χ3v) is 6.42. The number of benzene rings is 3. The molecule has 1 aromatic heterocycles. The van der Waals surface area contributed by atoms with E-state index < -0.39 is 5.97 Å². The lowest BCUT2D eigenvalue weighted by molar-refractivity contribution is 0.0690. The van der Waals surface area contributed by atoms with Gasteiger partial charge in [-0.25, -0.2) is 9.78 Å². The summed E-state index contributed by atoms with van der Waals surface area (Å²) in [5, 5.41) is 11.1. The van der Waals surface area contributed by atoms with Crippen molar-refractivity contribution >= 4 is 16.9 Å². The number of carboxylic acids is 1. The molecule has 4 rings (SSSR count). The highest BCUT2D eigenvalue weighted by Crippen LogP contribution is 2.34. The van der Waals surface area contributed by atoms with Crippen molar-refractivity contribution in [2.75, 3.05) is 0 Å². The minimum atomic E-state index is -1.05. The summed E-state index contributed by atoms with van der Waals surface area (Å²) in [4.78, 5) is 17.3. The summed E-state index contributed by atoms with van der Waals surface area (Å²) in [6, 6.07) is 23.3. The van der Waals surface area contributed by atoms with Crippen LogP contribution in [0.4, 0.5) is 0 Å². The van der Waals surface area contributed by atoms with Crippen LogP contribution in [-0.4, -0.2) is 16.1 Å². The first-order valence-electron chi connectivity index (χ1n) is 12.5. The van der Waals surface area contributed by atoms with Crippen molar-refractivity contribution in [3.05, 3.63) is 101 Å². The van der Waals surface area contributed by atoms with Gasteiger partial charge in [0.25, 0.3) is 0 Å². The Labute approximate surface area is 219 Å². The summed E-state index contributed by atoms with van der Waals surface area (Å²) in [7, 11) is 0. The Morgan fingerprint density at radius 2 is 1.22 bits per heavy atom. The monoisotopic (exact) mass is 497 g/mol. The van der Waals surface area contributed by atoms with Crippen molar-refractivity contribution < 1.29 is 19.4 Å². The Morgan fingerprint density at radius 3 is 1.76 bits per heavy atom. The maximum atomic E-state index is 12.6. The molecule has 1 heterocycles. The third-order valence-electron chi connectivity index (χ3n) is 6.42. The van der Waals surface area contributed by atoms with Crippen molar-refractivity contribution in [2.45, 2.75) is 65.6 Å². The lowest BCUT2D eigenvalue weighted by Crippen LogP contribution is -2.17. The number of pyridine rings is 1. The Kier molecular flexibility index (Phi) is 7.26. The number of carbonyl (C=O) groups is 1. The Morgan fingerprint density at radius 1 is 0.730 bits per heavy atom. The Balaban J connectivity index is 1.76. The van der Waals surface area contributed by atoms with E-state index in [0.29, 0.717) is 16.8 Å². The molecule has 0 amide bonds. The van der Waals surface area contributed by atoms with E-state index in [1.807, 2.05) is 72.8 Å². The molecule has 5 heteroatoms. The van der Waals surface area contributed by atoms with Crippen molar-refractivity contribution in [2.24, 2.45) is 0 Å². The minimum absolute atomic E-state index is 0.0329. The number of ether oxygens (including phenoxy) is 2. The van der Waals surface area contributed by atoms with E-state index in [2.05, 4.69) is 41.5 Å². The maximum Gasteiger partial charge on any atom is 0.338 e. The van der Waals surface area contributed by atoms with Gasteiger partial charge >= 0.3 is 5.97 Å². The molecule has 0 bridgehead atoms. The fraction of sp³-hybridized carbons (Fsp3) is 0.312. The van der Waals surface area contributed by atoms with Crippen LogP contribution in [-0.2, 0) is 24.0 Å². The van der Waals surface area contributed by atoms with E-state index in [4.69, 9.17) is 14.5 Å². The van der Waals surface area contributed by atoms with Crippen LogP contribution in [0.25, 0.3) is 10.9 Å². The van der Waals surface area contributed by atoms with Gasteiger partial charge in [0, 0.05) is 10.9 Å². The summed E-state index contributed by atoms with van der Waals surface area (Å²) in [5.74, 6) is 0.408. The average molecular weight is 498 g/mol. The molecular formula is C32H35NO4. The van der Waals surface area contributed by atoms with Crippen LogP contribution >= 0.6 is 0 Å². The molecule has 37 heavy (non-hydrogen) atoms. The zero-order valence-corrected chi connectivity index (χ0v) is 22.5. The van der Waals surface area contributed by atoms with Crippen molar-refractivity contribution in [3.8, 4) is 11.5 Å². The number of hydrogen-bond donors (Lipinski definition) is 1. The quantitative estimate of drug-likeness (QED) is 0.283. The largest absolute Gasteiger partial charge is 0.489 e. The fourth-order valence-electron chi connectivity index (χ4n) is 4.56. The molecule has 4 aromatic rings. The zero-order chi connectivity index (χ0) is 26.8. The van der Waals surface area contributed by atoms with E-state index in [-0.39, 0.29) is 29.6 Å². The Hall–Kier alpha value is -3.86. The molecule has 192 valence electrons. The van der Waals surface area contributed by atoms with Crippen molar-refractivity contribution in [1.82, 2.24) is 4.98 Å². The first-order valence-corrected chi connectivity index (χ1v) is 12.5. The smallest absolute Gasteiger partial charge is 0.338 e. The van der Waals surface area contributed by atoms with Crippen LogP contribution in [0, 0.1) is 0 Å². The van der Waals surface area contributed by atoms with Gasteiger partial charge in [0.05, 0.1) is 16.8 Å². The van der Waals surface area contributed by atoms with Gasteiger partial charge in [-0.1, -0.05) is 96.1 Å². The zero-order valence-electron chi connectivity index (χ0n) is 22.5. The molecule has 0 unspecified atom stereocenters. The average Bonchev–Trinajstić information content (AvgIpc) is 2.84. The van der Waals surface area contributed by atoms with Crippen molar-refractivity contribution in [3.63, 3.8) is 0 Å². The summed E-state index contributed by atoms with van der Waals surface area (Å²) >= 11 is 0. The first-order chi connectivity index (χ1) is 17.5. The van der Waals surface area contributed by atoms with Crippen LogP contribution in [0.2, 0.25) is 0 Å². The third kappa shape index (κ3) is 5.77. The van der Waals surface area contributed by atoms with Gasteiger partial charge in [0.2, 0.25) is 0 Å². The topological polar surface area (TPSA) is 68.7 Å². The van der Waals surface area contributed by atoms with E-state index in [1.54, 1.807) is 0 Å². The van der Waals surface area contributed by atoms with Crippen LogP contribution in [0.3, 0.4) is 0 Å². The lowest BCUT2D eigenvalue weighted by atomic mass is 9.86. The molecule has 1 N–H and O–H groups in total. The number of para-hydroxylation sites is 3. The Bertz CT molecular complexity index is 1430. The highest BCUT2D eigenvalue weighted by molar-refractivity contribution is 5.97. The molecule has 0 radical (unpaired) electrons. The number of nitrogens with zero attached hydrogens (tertiary/aromatic N) is 1. The number of rotatable bonds is 7. The van der Waals surface area contributed by atoms with Crippen LogP contribution in [0.15, 0.2) is 72.8 Å². The molecule has 0 aliphatic carbocycles. The summed E-state index contributed by atoms with van der Waals surface area (Å²) in [6.07, 6.45) is 0. The standard InChI is InChI=1S/C32H35NO4/c1-31(2,3)23-14-8-11-17-27(23)36-19-22-21-13-7-10-16-25(21)33-26(29(22)30(34)35)20-37-28-18-12-9-15-24(28)32(4,5)6/h7-18H,19-20H2,1-6H3,(H,34,35). The molecule has 0 spiro atoms. The van der Waals surface area contributed by atoms with E-state index in [1.165, 1.54) is 0 Å². The molecule has 0 atom stereocenters. The lowest BCUT2D eigenvalue weighted by Gasteiger charge is -2.24. The second-order valence-electron chi connectivity index (χ2n) is 11.3. The highest BCUT2D eigenvalue weighted by Gasteiger charge is 2.24. The summed E-state index contributed by atoms with van der Waals surface area (Å²) in [6.45, 7) is 12.9. The molecule has 5 nitrogen and oxygen atoms in total. The van der Waals surface area contributed by atoms with E-state index in [0.717, 1.165) is 28.0 Å². The second-order valence-corrected chi connectivity index (χ2v) is 11.3. The molecule has 0 saturated heterocycles. The highest BCUT2D eigenvalue weighted by atomic mass is 16.5. The molecule has 3 aromatic carbocycles. The predicted octanol–water partition coefficient (Wildman–Crippen LogP) is 7.69. The van der Waals surface area contributed by atoms with Gasteiger partial charge in [-0.15, -0.1) is 0 Å². The molecule has 0 fully saturated rings. The molecule has 0 aliphatic rings. The number of carboxylic acid groups (broad SMARTS) is 1. The minimum Gasteiger partial charge on any atom is -0.489 e. The SMILES string of the molecule is CC(C)(C)c1ccccc1OCc1nc2ccccc2c(COc2ccccc2C(C)(C)C)c1C(=O)O. The number of fused-ring (bicyclic) bond motifs is 1. The number of hydrogen-bond acceptors (Lipinski definition) is 4. The summed E-state index contributed by atoms with van der Waals surface area (Å²) < 4.78 is 12.5. The molecular weight excluding hydrogens is 462 g/mol. The fourth-order valence-corrected chi connectivity index (χ4v) is 4.56. The molecule has 0 aliphatic heterocycles. The predicted molar refractivity (Wildman–Crippen MR) is 148 cm³/mol. The van der Waals surface area contributed by atoms with Gasteiger partial charge < -0.3 is 14.6 Å². The summed E-state index contributed by atoms with van der Waals surface area (Å²) in [5.41, 5.74) is 3.66. The normalized spacial score (nSPS) is 11.9. The van der Waals surface area contributed by atoms with E-state index >= 15 is 0 Å². The van der Waals surface area contributed by atoms with E-state index in [9.17, 15) is 9.90 Å². The maximum absolute atomic E-state index is 12.6. The van der Waals surface area contributed by atoms with Crippen molar-refractivity contribution in [1.29, 1.82) is 0 Å². The van der Waals surface area contributed by atoms with Gasteiger partial charge in [0.15, 0.2) is 0 Å².